The zero-order valence-electron chi connectivity index (χ0n) is 15.9. The Kier molecular flexibility index (Phi) is 5.56. The Labute approximate surface area is 171 Å². The zero-order chi connectivity index (χ0) is 20.5. The van der Waals surface area contributed by atoms with Crippen LogP contribution >= 0.6 is 11.3 Å². The highest BCUT2D eigenvalue weighted by Gasteiger charge is 2.32. The molecule has 3 N–H and O–H groups in total. The van der Waals surface area contributed by atoms with Gasteiger partial charge in [-0.1, -0.05) is 18.2 Å². The largest absolute Gasteiger partial charge is 0.507 e. The number of aliphatic hydroxyl groups is 2. The lowest BCUT2D eigenvalue weighted by Gasteiger charge is -2.33. The lowest BCUT2D eigenvalue weighted by molar-refractivity contribution is -0.114. The van der Waals surface area contributed by atoms with Crippen LogP contribution < -0.4 is 4.74 Å². The van der Waals surface area contributed by atoms with E-state index in [2.05, 4.69) is 0 Å². The summed E-state index contributed by atoms with van der Waals surface area (Å²) in [6, 6.07) is 12.6. The molecule has 0 spiro atoms. The van der Waals surface area contributed by atoms with Crippen molar-refractivity contribution < 1.29 is 29.6 Å². The van der Waals surface area contributed by atoms with Gasteiger partial charge in [-0.3, -0.25) is 4.79 Å². The first kappa shape index (κ1) is 19.8. The van der Waals surface area contributed by atoms with Gasteiger partial charge < -0.3 is 24.8 Å². The fourth-order valence-electron chi connectivity index (χ4n) is 3.72. The summed E-state index contributed by atoms with van der Waals surface area (Å²) in [6.07, 6.45) is -1.21. The minimum absolute atomic E-state index is 0.0782. The number of hydrogen-bond donors (Lipinski definition) is 3. The number of carbonyl (C=O) groups excluding carboxylic acids is 1. The molecule has 2 heterocycles. The second kappa shape index (κ2) is 8.12. The van der Waals surface area contributed by atoms with Gasteiger partial charge in [0.15, 0.2) is 0 Å². The third-order valence-electron chi connectivity index (χ3n) is 5.17. The maximum absolute atomic E-state index is 13.2. The van der Waals surface area contributed by atoms with Crippen molar-refractivity contribution in [2.24, 2.45) is 0 Å². The molecule has 2 aromatic carbocycles. The molecular weight excluding hydrogens is 392 g/mol. The quantitative estimate of drug-likeness (QED) is 0.554. The number of fused-ring (bicyclic) bond motifs is 1. The van der Waals surface area contributed by atoms with Crippen LogP contribution in [0.5, 0.6) is 11.5 Å². The van der Waals surface area contributed by atoms with E-state index < -0.39 is 18.3 Å². The maximum atomic E-state index is 13.2. The van der Waals surface area contributed by atoms with E-state index in [1.165, 1.54) is 24.5 Å². The Bertz CT molecular complexity index is 1010. The molecule has 0 saturated carbocycles. The Hall–Kier alpha value is -2.45. The predicted molar refractivity (Wildman–Crippen MR) is 110 cm³/mol. The minimum Gasteiger partial charge on any atom is -0.507 e. The van der Waals surface area contributed by atoms with Crippen LogP contribution in [0.15, 0.2) is 42.5 Å². The lowest BCUT2D eigenvalue weighted by Crippen LogP contribution is -2.33. The Morgan fingerprint density at radius 2 is 2.03 bits per heavy atom. The summed E-state index contributed by atoms with van der Waals surface area (Å²) >= 11 is 1.40. The summed E-state index contributed by atoms with van der Waals surface area (Å²) in [5, 5.41) is 31.0. The van der Waals surface area contributed by atoms with E-state index in [4.69, 9.17) is 9.47 Å². The second-order valence-electron chi connectivity index (χ2n) is 7.14. The molecular formula is C22H22O6S. The zero-order valence-corrected chi connectivity index (χ0v) is 16.7. The summed E-state index contributed by atoms with van der Waals surface area (Å²) in [4.78, 5) is 13.8. The van der Waals surface area contributed by atoms with Crippen LogP contribution in [0.3, 0.4) is 0 Å². The summed E-state index contributed by atoms with van der Waals surface area (Å²) in [6.45, 7) is -0.224. The molecule has 1 aromatic heterocycles. The van der Waals surface area contributed by atoms with Gasteiger partial charge in [0.1, 0.15) is 11.5 Å². The molecule has 29 heavy (non-hydrogen) atoms. The van der Waals surface area contributed by atoms with Crippen LogP contribution in [0.25, 0.3) is 10.1 Å². The fraction of sp³-hybridized carbons (Fsp3) is 0.318. The monoisotopic (exact) mass is 414 g/mol. The van der Waals surface area contributed by atoms with Crippen molar-refractivity contribution in [1.82, 2.24) is 0 Å². The number of thiophene rings is 1. The summed E-state index contributed by atoms with van der Waals surface area (Å²) < 4.78 is 12.2. The van der Waals surface area contributed by atoms with Gasteiger partial charge in [-0.25, -0.2) is 0 Å². The second-order valence-corrected chi connectivity index (χ2v) is 8.23. The number of hydrogen-bond acceptors (Lipinski definition) is 7. The van der Waals surface area contributed by atoms with Gasteiger partial charge in [0.05, 0.1) is 42.5 Å². The van der Waals surface area contributed by atoms with Gasteiger partial charge in [-0.2, -0.15) is 0 Å². The molecule has 4 rings (SSSR count). The van der Waals surface area contributed by atoms with E-state index in [0.29, 0.717) is 22.4 Å². The standard InChI is InChI=1S/C22H22O6S/c1-27-18-10-17(25)15(19-8-13(24)7-14(11-23)28-19)9-16(18)22(26)21-6-12-4-2-3-5-20(12)29-21/h2-6,9-10,13-14,19,23-25H,7-8,11H2,1H3/t13-,14-,19+/m0/s1. The molecule has 0 bridgehead atoms. The third kappa shape index (κ3) is 3.86. The first-order valence-corrected chi connectivity index (χ1v) is 10.2. The minimum atomic E-state index is -0.658. The molecule has 6 nitrogen and oxygen atoms in total. The first-order valence-electron chi connectivity index (χ1n) is 9.38. The van der Waals surface area contributed by atoms with E-state index in [-0.39, 0.29) is 30.3 Å². The average Bonchev–Trinajstić information content (AvgIpc) is 3.16. The molecule has 1 aliphatic rings. The van der Waals surface area contributed by atoms with Crippen LogP contribution in [0.2, 0.25) is 0 Å². The highest BCUT2D eigenvalue weighted by molar-refractivity contribution is 7.21. The number of methoxy groups -OCH3 is 1. The smallest absolute Gasteiger partial charge is 0.206 e. The summed E-state index contributed by atoms with van der Waals surface area (Å²) in [5.41, 5.74) is 0.712. The summed E-state index contributed by atoms with van der Waals surface area (Å²) in [7, 11) is 1.44. The van der Waals surface area contributed by atoms with Crippen LogP contribution in [0.1, 0.15) is 39.7 Å². The van der Waals surface area contributed by atoms with Crippen LogP contribution in [0.4, 0.5) is 0 Å². The molecule has 152 valence electrons. The van der Waals surface area contributed by atoms with Gasteiger partial charge in [-0.05, 0) is 23.6 Å². The van der Waals surface area contributed by atoms with E-state index in [0.717, 1.165) is 10.1 Å². The van der Waals surface area contributed by atoms with Crippen molar-refractivity contribution in [3.63, 3.8) is 0 Å². The van der Waals surface area contributed by atoms with Gasteiger partial charge >= 0.3 is 0 Å². The highest BCUT2D eigenvalue weighted by atomic mass is 32.1. The van der Waals surface area contributed by atoms with E-state index in [1.54, 1.807) is 6.07 Å². The van der Waals surface area contributed by atoms with Gasteiger partial charge in [0, 0.05) is 29.2 Å². The SMILES string of the molecule is COc1cc(O)c([C@H]2C[C@@H](O)C[C@@H](CO)O2)cc1C(=O)c1cc2ccccc2s1. The number of aliphatic hydroxyl groups excluding tert-OH is 2. The van der Waals surface area contributed by atoms with Crippen molar-refractivity contribution in [3.8, 4) is 11.5 Å². The highest BCUT2D eigenvalue weighted by Crippen LogP contribution is 2.40. The van der Waals surface area contributed by atoms with Gasteiger partial charge in [-0.15, -0.1) is 11.3 Å². The Morgan fingerprint density at radius 1 is 1.24 bits per heavy atom. The number of benzene rings is 2. The van der Waals surface area contributed by atoms with Crippen LogP contribution in [-0.2, 0) is 4.74 Å². The number of aromatic hydroxyl groups is 1. The van der Waals surface area contributed by atoms with Gasteiger partial charge in [0.2, 0.25) is 5.78 Å². The van der Waals surface area contributed by atoms with Crippen LogP contribution in [0, 0.1) is 0 Å². The van der Waals surface area contributed by atoms with E-state index in [9.17, 15) is 20.1 Å². The van der Waals surface area contributed by atoms with Crippen LogP contribution in [-0.4, -0.2) is 47.0 Å². The van der Waals surface area contributed by atoms with Crippen molar-refractivity contribution >= 4 is 27.2 Å². The number of phenolic OH excluding ortho intramolecular Hbond substituents is 1. The number of ether oxygens (including phenoxy) is 2. The van der Waals surface area contributed by atoms with E-state index in [1.807, 2.05) is 30.3 Å². The number of phenols is 1. The molecule has 0 amide bonds. The van der Waals surface area contributed by atoms with Gasteiger partial charge in [0.25, 0.3) is 0 Å². The molecule has 0 radical (unpaired) electrons. The molecule has 1 fully saturated rings. The average molecular weight is 414 g/mol. The van der Waals surface area contributed by atoms with Crippen molar-refractivity contribution in [1.29, 1.82) is 0 Å². The normalized spacial score (nSPS) is 22.0. The topological polar surface area (TPSA) is 96.2 Å². The van der Waals surface area contributed by atoms with Crippen molar-refractivity contribution in [2.75, 3.05) is 13.7 Å². The lowest BCUT2D eigenvalue weighted by atomic mass is 9.93. The maximum Gasteiger partial charge on any atom is 0.206 e. The molecule has 3 atom stereocenters. The number of rotatable bonds is 5. The first-order chi connectivity index (χ1) is 14.0. The molecule has 0 aliphatic carbocycles. The predicted octanol–water partition coefficient (Wildman–Crippen LogP) is 3.42. The number of carbonyl (C=O) groups is 1. The summed E-state index contributed by atoms with van der Waals surface area (Å²) in [5.74, 6) is -0.0198. The third-order valence-corrected chi connectivity index (χ3v) is 6.29. The molecule has 1 aliphatic heterocycles. The van der Waals surface area contributed by atoms with E-state index >= 15 is 0 Å². The Morgan fingerprint density at radius 3 is 2.76 bits per heavy atom. The molecule has 3 aromatic rings. The molecule has 1 saturated heterocycles. The molecule has 0 unspecified atom stereocenters. The molecule has 7 heteroatoms. The fourth-order valence-corrected chi connectivity index (χ4v) is 4.74. The number of ketones is 1. The van der Waals surface area contributed by atoms with Crippen molar-refractivity contribution in [3.05, 3.63) is 58.5 Å². The van der Waals surface area contributed by atoms with Crippen molar-refractivity contribution in [2.45, 2.75) is 31.2 Å². The Balaban J connectivity index is 1.74.